The monoisotopic (exact) mass is 564 g/mol. The van der Waals surface area contributed by atoms with Crippen LogP contribution in [0.25, 0.3) is 0 Å². The molecule has 2 fully saturated rings. The molecular formula is C36H40N2O4. The summed E-state index contributed by atoms with van der Waals surface area (Å²) in [5.74, 6) is 0.710. The van der Waals surface area contributed by atoms with Crippen LogP contribution in [0.3, 0.4) is 0 Å². The van der Waals surface area contributed by atoms with Crippen LogP contribution in [0.1, 0.15) is 92.4 Å². The summed E-state index contributed by atoms with van der Waals surface area (Å²) < 4.78 is 6.00. The number of amides is 1. The van der Waals surface area contributed by atoms with Gasteiger partial charge in [-0.3, -0.25) is 9.79 Å². The standard InChI is InChI=1S/C36H40N2O4/c1-35(2,3)29-19-21-36(22-20-29)37-31(25-15-17-30(18-16-25)42-23-24-7-5-4-6-8-24)33(39)38(36)32(26-9-10-26)27-11-13-28(14-12-27)34(40)41/h4-8,11-18,26,29,32H,9-10,19-23H2,1-3H3,(H,40,41)/t29?,32-,36?/m1/s1. The third kappa shape index (κ3) is 5.59. The lowest BCUT2D eigenvalue weighted by molar-refractivity contribution is -0.134. The van der Waals surface area contributed by atoms with Gasteiger partial charge in [-0.2, -0.15) is 0 Å². The van der Waals surface area contributed by atoms with Crippen LogP contribution in [0.15, 0.2) is 83.9 Å². The summed E-state index contributed by atoms with van der Waals surface area (Å²) in [4.78, 5) is 33.4. The van der Waals surface area contributed by atoms with Crippen molar-refractivity contribution in [3.05, 3.63) is 101 Å². The zero-order valence-corrected chi connectivity index (χ0v) is 24.8. The molecule has 2 aliphatic carbocycles. The van der Waals surface area contributed by atoms with Crippen molar-refractivity contribution in [3.63, 3.8) is 0 Å². The van der Waals surface area contributed by atoms with Gasteiger partial charge in [0.2, 0.25) is 0 Å². The smallest absolute Gasteiger partial charge is 0.335 e. The van der Waals surface area contributed by atoms with Crippen molar-refractivity contribution in [2.75, 3.05) is 0 Å². The van der Waals surface area contributed by atoms with E-state index in [1.807, 2.05) is 66.7 Å². The van der Waals surface area contributed by atoms with Crippen LogP contribution in [0.2, 0.25) is 0 Å². The Balaban J connectivity index is 1.31. The fraction of sp³-hybridized carbons (Fsp3) is 0.417. The van der Waals surface area contributed by atoms with Crippen molar-refractivity contribution < 1.29 is 19.4 Å². The van der Waals surface area contributed by atoms with Crippen LogP contribution in [-0.2, 0) is 11.4 Å². The Bertz CT molecular complexity index is 1460. The first kappa shape index (κ1) is 28.2. The third-order valence-corrected chi connectivity index (χ3v) is 9.42. The number of aromatic carboxylic acids is 1. The summed E-state index contributed by atoms with van der Waals surface area (Å²) in [6.07, 6.45) is 5.81. The van der Waals surface area contributed by atoms with Crippen LogP contribution in [0, 0.1) is 17.3 Å². The van der Waals surface area contributed by atoms with Crippen LogP contribution in [0.5, 0.6) is 5.75 Å². The lowest BCUT2D eigenvalue weighted by Gasteiger charge is -2.47. The highest BCUT2D eigenvalue weighted by Crippen LogP contribution is 2.54. The highest BCUT2D eigenvalue weighted by atomic mass is 16.5. The van der Waals surface area contributed by atoms with Crippen molar-refractivity contribution in [2.24, 2.45) is 22.2 Å². The molecule has 6 heteroatoms. The predicted octanol–water partition coefficient (Wildman–Crippen LogP) is 7.68. The Hall–Kier alpha value is -3.93. The second kappa shape index (κ2) is 11.0. The first-order chi connectivity index (χ1) is 20.1. The molecule has 1 N–H and O–H groups in total. The minimum absolute atomic E-state index is 0.0265. The number of benzene rings is 3. The number of aliphatic imine (C=N–C) groups is 1. The van der Waals surface area contributed by atoms with Gasteiger partial charge in [0.1, 0.15) is 23.7 Å². The number of hydrogen-bond donors (Lipinski definition) is 1. The molecule has 6 rings (SSSR count). The van der Waals surface area contributed by atoms with E-state index in [9.17, 15) is 14.7 Å². The highest BCUT2D eigenvalue weighted by molar-refractivity contribution is 6.46. The summed E-state index contributed by atoms with van der Waals surface area (Å²) in [5, 5.41) is 9.46. The van der Waals surface area contributed by atoms with Crippen molar-refractivity contribution >= 4 is 17.6 Å². The molecule has 0 aromatic heterocycles. The van der Waals surface area contributed by atoms with Crippen LogP contribution in [-0.4, -0.2) is 33.3 Å². The Morgan fingerprint density at radius 2 is 1.60 bits per heavy atom. The minimum Gasteiger partial charge on any atom is -0.489 e. The molecule has 218 valence electrons. The normalized spacial score (nSPS) is 23.1. The summed E-state index contributed by atoms with van der Waals surface area (Å²) in [6, 6.07) is 24.8. The van der Waals surface area contributed by atoms with E-state index >= 15 is 0 Å². The second-order valence-electron chi connectivity index (χ2n) is 13.3. The molecule has 2 saturated carbocycles. The summed E-state index contributed by atoms with van der Waals surface area (Å²) >= 11 is 0. The van der Waals surface area contributed by atoms with E-state index in [-0.39, 0.29) is 22.9 Å². The van der Waals surface area contributed by atoms with Gasteiger partial charge in [0.15, 0.2) is 0 Å². The van der Waals surface area contributed by atoms with Crippen molar-refractivity contribution in [1.29, 1.82) is 0 Å². The number of carbonyl (C=O) groups excluding carboxylic acids is 1. The lowest BCUT2D eigenvalue weighted by atomic mass is 9.69. The van der Waals surface area contributed by atoms with Gasteiger partial charge in [-0.15, -0.1) is 0 Å². The molecule has 3 aromatic carbocycles. The quantitative estimate of drug-likeness (QED) is 0.304. The number of ether oxygens (including phenoxy) is 1. The van der Waals surface area contributed by atoms with Crippen LogP contribution < -0.4 is 4.74 Å². The van der Waals surface area contributed by atoms with E-state index in [1.54, 1.807) is 12.1 Å². The van der Waals surface area contributed by atoms with E-state index in [2.05, 4.69) is 25.7 Å². The van der Waals surface area contributed by atoms with Gasteiger partial charge in [-0.05, 0) is 103 Å². The number of carboxylic acid groups (broad SMARTS) is 1. The summed E-state index contributed by atoms with van der Waals surface area (Å²) in [6.45, 7) is 7.40. The molecule has 0 bridgehead atoms. The van der Waals surface area contributed by atoms with Gasteiger partial charge in [0.25, 0.3) is 5.91 Å². The van der Waals surface area contributed by atoms with Crippen molar-refractivity contribution in [3.8, 4) is 5.75 Å². The molecule has 3 aromatic rings. The Morgan fingerprint density at radius 1 is 0.952 bits per heavy atom. The van der Waals surface area contributed by atoms with Gasteiger partial charge in [-0.25, -0.2) is 4.79 Å². The first-order valence-corrected chi connectivity index (χ1v) is 15.2. The van der Waals surface area contributed by atoms with Gasteiger partial charge < -0.3 is 14.7 Å². The largest absolute Gasteiger partial charge is 0.489 e. The maximum Gasteiger partial charge on any atom is 0.335 e. The van der Waals surface area contributed by atoms with E-state index in [0.717, 1.165) is 61.0 Å². The molecule has 6 nitrogen and oxygen atoms in total. The topological polar surface area (TPSA) is 79.2 Å². The van der Waals surface area contributed by atoms with Gasteiger partial charge in [-0.1, -0.05) is 63.2 Å². The summed E-state index contributed by atoms with van der Waals surface area (Å²) in [5.41, 5.74) is 3.30. The van der Waals surface area contributed by atoms with Gasteiger partial charge in [0, 0.05) is 5.56 Å². The third-order valence-electron chi connectivity index (χ3n) is 9.42. The van der Waals surface area contributed by atoms with E-state index in [1.165, 1.54) is 0 Å². The van der Waals surface area contributed by atoms with Crippen LogP contribution in [0.4, 0.5) is 0 Å². The predicted molar refractivity (Wildman–Crippen MR) is 164 cm³/mol. The molecule has 0 radical (unpaired) electrons. The Labute approximate surface area is 248 Å². The molecule has 1 heterocycles. The molecule has 42 heavy (non-hydrogen) atoms. The number of rotatable bonds is 8. The fourth-order valence-corrected chi connectivity index (χ4v) is 6.80. The number of nitrogens with zero attached hydrogens (tertiary/aromatic N) is 2. The van der Waals surface area contributed by atoms with Gasteiger partial charge >= 0.3 is 5.97 Å². The second-order valence-corrected chi connectivity index (χ2v) is 13.3. The summed E-state index contributed by atoms with van der Waals surface area (Å²) in [7, 11) is 0. The van der Waals surface area contributed by atoms with E-state index < -0.39 is 11.6 Å². The fourth-order valence-electron chi connectivity index (χ4n) is 6.80. The molecule has 1 amide bonds. The average molecular weight is 565 g/mol. The molecule has 1 spiro atoms. The van der Waals surface area contributed by atoms with Gasteiger partial charge in [0.05, 0.1) is 11.6 Å². The average Bonchev–Trinajstić information content (AvgIpc) is 3.79. The molecule has 1 aliphatic heterocycles. The zero-order chi connectivity index (χ0) is 29.5. The lowest BCUT2D eigenvalue weighted by Crippen LogP contribution is -2.52. The molecular weight excluding hydrogens is 524 g/mol. The molecule has 3 aliphatic rings. The first-order valence-electron chi connectivity index (χ1n) is 15.2. The molecule has 1 atom stereocenters. The zero-order valence-electron chi connectivity index (χ0n) is 24.8. The Morgan fingerprint density at radius 3 is 2.17 bits per heavy atom. The number of carboxylic acids is 1. The van der Waals surface area contributed by atoms with Crippen molar-refractivity contribution in [2.45, 2.75) is 77.6 Å². The van der Waals surface area contributed by atoms with Crippen molar-refractivity contribution in [1.82, 2.24) is 4.90 Å². The van der Waals surface area contributed by atoms with Crippen LogP contribution >= 0.6 is 0 Å². The van der Waals surface area contributed by atoms with E-state index in [0.29, 0.717) is 24.2 Å². The molecule has 0 unspecified atom stereocenters. The highest BCUT2D eigenvalue weighted by Gasteiger charge is 2.55. The number of hydrogen-bond acceptors (Lipinski definition) is 4. The van der Waals surface area contributed by atoms with E-state index in [4.69, 9.17) is 9.73 Å². The maximum atomic E-state index is 14.4. The molecule has 0 saturated heterocycles. The Kier molecular flexibility index (Phi) is 7.42. The minimum atomic E-state index is -0.944. The maximum absolute atomic E-state index is 14.4. The number of carbonyl (C=O) groups is 2. The SMILES string of the molecule is CC(C)(C)C1CCC2(CC1)N=C(c1ccc(OCc3ccccc3)cc1)C(=O)N2[C@@H](c1ccc(C(=O)O)cc1)C1CC1.